The molecule has 5 nitrogen and oxygen atoms in total. The highest BCUT2D eigenvalue weighted by molar-refractivity contribution is 7.89. The summed E-state index contributed by atoms with van der Waals surface area (Å²) in [4.78, 5) is 12.4. The van der Waals surface area contributed by atoms with Crippen LogP contribution in [0.25, 0.3) is 0 Å². The predicted octanol–water partition coefficient (Wildman–Crippen LogP) is 2.08. The van der Waals surface area contributed by atoms with Crippen LogP contribution in [0, 0.1) is 17.5 Å². The number of carbonyl (C=O) groups is 1. The molecule has 1 atom stereocenters. The second-order valence-electron chi connectivity index (χ2n) is 5.79. The Bertz CT molecular complexity index is 903. The van der Waals surface area contributed by atoms with Gasteiger partial charge in [0.2, 0.25) is 15.9 Å². The van der Waals surface area contributed by atoms with Crippen molar-refractivity contribution in [3.63, 3.8) is 0 Å². The smallest absolute Gasteiger partial charge is 0.244 e. The highest BCUT2D eigenvalue weighted by Crippen LogP contribution is 2.19. The van der Waals surface area contributed by atoms with E-state index in [4.69, 9.17) is 0 Å². The van der Waals surface area contributed by atoms with Crippen LogP contribution < -0.4 is 4.72 Å². The molecule has 0 aliphatic carbocycles. The Hall–Kier alpha value is -2.39. The zero-order valence-corrected chi connectivity index (χ0v) is 14.9. The van der Waals surface area contributed by atoms with E-state index in [0.29, 0.717) is 5.56 Å². The van der Waals surface area contributed by atoms with Crippen molar-refractivity contribution in [1.82, 2.24) is 9.62 Å². The summed E-state index contributed by atoms with van der Waals surface area (Å²) in [6.45, 7) is 0. The van der Waals surface area contributed by atoms with Gasteiger partial charge < -0.3 is 4.90 Å². The number of amides is 1. The number of halogens is 3. The van der Waals surface area contributed by atoms with Gasteiger partial charge in [-0.15, -0.1) is 0 Å². The van der Waals surface area contributed by atoms with Crippen molar-refractivity contribution in [3.8, 4) is 0 Å². The maximum Gasteiger partial charge on any atom is 0.244 e. The first-order valence-electron chi connectivity index (χ1n) is 7.54. The van der Waals surface area contributed by atoms with E-state index in [-0.39, 0.29) is 18.6 Å². The van der Waals surface area contributed by atoms with Crippen LogP contribution in [0.1, 0.15) is 5.56 Å². The highest BCUT2D eigenvalue weighted by atomic mass is 32.2. The van der Waals surface area contributed by atoms with Gasteiger partial charge >= 0.3 is 0 Å². The number of carbonyl (C=O) groups excluding carboxylic acids is 1. The Kier molecular flexibility index (Phi) is 6.04. The van der Waals surface area contributed by atoms with Crippen LogP contribution >= 0.6 is 0 Å². The fourth-order valence-corrected chi connectivity index (χ4v) is 3.56. The second kappa shape index (κ2) is 7.88. The van der Waals surface area contributed by atoms with Crippen molar-refractivity contribution in [2.24, 2.45) is 0 Å². The van der Waals surface area contributed by atoms with Gasteiger partial charge in [-0.2, -0.15) is 4.72 Å². The molecule has 26 heavy (non-hydrogen) atoms. The number of hydrogen-bond donors (Lipinski definition) is 1. The molecule has 2 rings (SSSR count). The Morgan fingerprint density at radius 3 is 2.19 bits per heavy atom. The van der Waals surface area contributed by atoms with Crippen LogP contribution in [0.2, 0.25) is 0 Å². The van der Waals surface area contributed by atoms with Crippen LogP contribution in [0.15, 0.2) is 47.4 Å². The zero-order valence-electron chi connectivity index (χ0n) is 14.0. The van der Waals surface area contributed by atoms with E-state index in [1.54, 1.807) is 30.3 Å². The molecule has 0 saturated heterocycles. The molecule has 0 unspecified atom stereocenters. The third kappa shape index (κ3) is 4.61. The van der Waals surface area contributed by atoms with E-state index in [9.17, 15) is 26.4 Å². The number of nitrogens with one attached hydrogen (secondary N) is 1. The van der Waals surface area contributed by atoms with Crippen LogP contribution in [0.4, 0.5) is 13.2 Å². The molecular formula is C17H17F3N2O3S. The van der Waals surface area contributed by atoms with E-state index in [2.05, 4.69) is 4.72 Å². The molecule has 2 aromatic rings. The maximum atomic E-state index is 13.8. The van der Waals surface area contributed by atoms with Crippen molar-refractivity contribution in [2.45, 2.75) is 17.4 Å². The number of sulfonamides is 1. The molecule has 140 valence electrons. The third-order valence-corrected chi connectivity index (χ3v) is 5.07. The first-order valence-corrected chi connectivity index (χ1v) is 9.02. The summed E-state index contributed by atoms with van der Waals surface area (Å²) in [7, 11) is -1.73. The molecule has 2 aromatic carbocycles. The van der Waals surface area contributed by atoms with Gasteiger partial charge in [0, 0.05) is 20.2 Å². The standard InChI is InChI=1S/C17H17F3N2O3S/c1-22(2)17(23)15(8-11-6-4-3-5-7-11)21-26(24,25)16-10-13(19)12(18)9-14(16)20/h3-7,9-10,15,21H,8H2,1-2H3/t15-/m1/s1. The number of likely N-dealkylation sites (N-methyl/N-ethyl adjacent to an activating group) is 1. The summed E-state index contributed by atoms with van der Waals surface area (Å²) in [5.74, 6) is -5.04. The van der Waals surface area contributed by atoms with Gasteiger partial charge in [-0.3, -0.25) is 4.79 Å². The SMILES string of the molecule is CN(C)C(=O)[C@@H](Cc1ccccc1)NS(=O)(=O)c1cc(F)c(F)cc1F. The van der Waals surface area contributed by atoms with Gasteiger partial charge in [-0.1, -0.05) is 30.3 Å². The lowest BCUT2D eigenvalue weighted by Crippen LogP contribution is -2.47. The van der Waals surface area contributed by atoms with Crippen LogP contribution in [0.5, 0.6) is 0 Å². The van der Waals surface area contributed by atoms with Crippen LogP contribution in [-0.4, -0.2) is 39.4 Å². The average molecular weight is 386 g/mol. The van der Waals surface area contributed by atoms with Gasteiger partial charge in [0.25, 0.3) is 0 Å². The van der Waals surface area contributed by atoms with E-state index in [1.165, 1.54) is 19.0 Å². The largest absolute Gasteiger partial charge is 0.347 e. The van der Waals surface area contributed by atoms with E-state index >= 15 is 0 Å². The van der Waals surface area contributed by atoms with Gasteiger partial charge in [0.1, 0.15) is 16.8 Å². The van der Waals surface area contributed by atoms with E-state index < -0.39 is 44.3 Å². The Balaban J connectivity index is 2.37. The first-order chi connectivity index (χ1) is 12.1. The first kappa shape index (κ1) is 19.9. The lowest BCUT2D eigenvalue weighted by atomic mass is 10.1. The van der Waals surface area contributed by atoms with Crippen molar-refractivity contribution in [3.05, 3.63) is 65.5 Å². The molecule has 9 heteroatoms. The van der Waals surface area contributed by atoms with Gasteiger partial charge in [0.05, 0.1) is 0 Å². The third-order valence-electron chi connectivity index (χ3n) is 3.58. The highest BCUT2D eigenvalue weighted by Gasteiger charge is 2.30. The Labute approximate surface area is 149 Å². The Morgan fingerprint density at radius 1 is 1.04 bits per heavy atom. The summed E-state index contributed by atoms with van der Waals surface area (Å²) in [6.07, 6.45) is 0.00236. The Morgan fingerprint density at radius 2 is 1.62 bits per heavy atom. The predicted molar refractivity (Wildman–Crippen MR) is 89.3 cm³/mol. The quantitative estimate of drug-likeness (QED) is 0.773. The monoisotopic (exact) mass is 386 g/mol. The van der Waals surface area contributed by atoms with Gasteiger partial charge in [-0.25, -0.2) is 21.6 Å². The van der Waals surface area contributed by atoms with Gasteiger partial charge in [-0.05, 0) is 18.1 Å². The molecular weight excluding hydrogens is 369 g/mol. The number of nitrogens with zero attached hydrogens (tertiary/aromatic N) is 1. The van der Waals surface area contributed by atoms with E-state index in [1.807, 2.05) is 0 Å². The molecule has 0 bridgehead atoms. The van der Waals surface area contributed by atoms with Gasteiger partial charge in [0.15, 0.2) is 11.6 Å². The molecule has 0 fully saturated rings. The van der Waals surface area contributed by atoms with Crippen molar-refractivity contribution < 1.29 is 26.4 Å². The molecule has 0 aliphatic heterocycles. The topological polar surface area (TPSA) is 66.5 Å². The number of benzene rings is 2. The lowest BCUT2D eigenvalue weighted by molar-refractivity contribution is -0.130. The average Bonchev–Trinajstić information content (AvgIpc) is 2.57. The normalized spacial score (nSPS) is 12.7. The molecule has 0 spiro atoms. The summed E-state index contributed by atoms with van der Waals surface area (Å²) >= 11 is 0. The molecule has 0 aliphatic rings. The lowest BCUT2D eigenvalue weighted by Gasteiger charge is -2.22. The van der Waals surface area contributed by atoms with Crippen LogP contribution in [-0.2, 0) is 21.2 Å². The molecule has 0 saturated carbocycles. The second-order valence-corrected chi connectivity index (χ2v) is 7.48. The molecule has 0 heterocycles. The fourth-order valence-electron chi connectivity index (χ4n) is 2.30. The summed E-state index contributed by atoms with van der Waals surface area (Å²) in [5, 5.41) is 0. The minimum absolute atomic E-state index is 0.00236. The maximum absolute atomic E-state index is 13.8. The molecule has 0 aromatic heterocycles. The van der Waals surface area contributed by atoms with Crippen molar-refractivity contribution in [2.75, 3.05) is 14.1 Å². The zero-order chi connectivity index (χ0) is 19.5. The summed E-state index contributed by atoms with van der Waals surface area (Å²) in [6, 6.07) is 7.73. The number of hydrogen-bond acceptors (Lipinski definition) is 3. The minimum Gasteiger partial charge on any atom is -0.347 e. The number of rotatable bonds is 6. The van der Waals surface area contributed by atoms with Crippen LogP contribution in [0.3, 0.4) is 0 Å². The summed E-state index contributed by atoms with van der Waals surface area (Å²) in [5.41, 5.74) is 0.668. The molecule has 1 amide bonds. The minimum atomic E-state index is -4.61. The fraction of sp³-hybridized carbons (Fsp3) is 0.235. The molecule has 1 N–H and O–H groups in total. The van der Waals surface area contributed by atoms with Crippen molar-refractivity contribution >= 4 is 15.9 Å². The van der Waals surface area contributed by atoms with E-state index in [0.717, 1.165) is 0 Å². The molecule has 0 radical (unpaired) electrons. The van der Waals surface area contributed by atoms with Crippen molar-refractivity contribution in [1.29, 1.82) is 0 Å². The summed E-state index contributed by atoms with van der Waals surface area (Å²) < 4.78 is 67.2.